The Kier molecular flexibility index (Phi) is 5.00. The van der Waals surface area contributed by atoms with Crippen LogP contribution in [-0.2, 0) is 6.42 Å². The van der Waals surface area contributed by atoms with E-state index in [2.05, 4.69) is 42.0 Å². The normalized spacial score (nSPS) is 15.7. The van der Waals surface area contributed by atoms with Gasteiger partial charge in [-0.3, -0.25) is 0 Å². The third-order valence-electron chi connectivity index (χ3n) is 3.83. The van der Waals surface area contributed by atoms with Gasteiger partial charge in [-0.05, 0) is 26.7 Å². The molecule has 1 aliphatic carbocycles. The molecule has 19 heavy (non-hydrogen) atoms. The number of rotatable bonds is 6. The third-order valence-corrected chi connectivity index (χ3v) is 3.83. The molecule has 1 aromatic heterocycles. The van der Waals surface area contributed by atoms with E-state index >= 15 is 0 Å². The van der Waals surface area contributed by atoms with Gasteiger partial charge in [-0.2, -0.15) is 0 Å². The monoisotopic (exact) mass is 262 g/mol. The Morgan fingerprint density at radius 3 is 2.53 bits per heavy atom. The quantitative estimate of drug-likeness (QED) is 0.854. The van der Waals surface area contributed by atoms with Crippen LogP contribution in [0, 0.1) is 0 Å². The maximum atomic E-state index is 4.72. The molecule has 0 radical (unpaired) electrons. The molecule has 1 aromatic rings. The summed E-state index contributed by atoms with van der Waals surface area (Å²) in [7, 11) is 0. The second-order valence-corrected chi connectivity index (χ2v) is 5.14. The summed E-state index contributed by atoms with van der Waals surface area (Å²) < 4.78 is 0. The molecule has 4 heteroatoms. The van der Waals surface area contributed by atoms with Gasteiger partial charge in [0.1, 0.15) is 17.5 Å². The molecule has 0 amide bonds. The van der Waals surface area contributed by atoms with Crippen LogP contribution in [0.5, 0.6) is 0 Å². The predicted octanol–water partition coefficient (Wildman–Crippen LogP) is 3.24. The average Bonchev–Trinajstić information content (AvgIpc) is 2.93. The van der Waals surface area contributed by atoms with Crippen LogP contribution in [0.4, 0.5) is 11.6 Å². The Bertz CT molecular complexity index is 399. The van der Waals surface area contributed by atoms with E-state index in [1.54, 1.807) is 0 Å². The van der Waals surface area contributed by atoms with Gasteiger partial charge >= 0.3 is 0 Å². The van der Waals surface area contributed by atoms with Crippen LogP contribution in [0.25, 0.3) is 0 Å². The molecule has 0 unspecified atom stereocenters. The molecule has 4 nitrogen and oxygen atoms in total. The van der Waals surface area contributed by atoms with Crippen LogP contribution in [0.2, 0.25) is 0 Å². The predicted molar refractivity (Wildman–Crippen MR) is 80.8 cm³/mol. The van der Waals surface area contributed by atoms with Gasteiger partial charge in [0.25, 0.3) is 0 Å². The lowest BCUT2D eigenvalue weighted by Crippen LogP contribution is -2.34. The highest BCUT2D eigenvalue weighted by Crippen LogP contribution is 2.28. The van der Waals surface area contributed by atoms with Gasteiger partial charge in [-0.15, -0.1) is 0 Å². The standard InChI is InChI=1S/C15H26N4/c1-4-13-17-14(16-5-2)11-15(18-13)19(6-3)12-9-7-8-10-12/h11-12H,4-10H2,1-3H3,(H,16,17,18). The fourth-order valence-electron chi connectivity index (χ4n) is 2.88. The van der Waals surface area contributed by atoms with Crippen molar-refractivity contribution in [2.75, 3.05) is 23.3 Å². The van der Waals surface area contributed by atoms with Gasteiger partial charge < -0.3 is 10.2 Å². The summed E-state index contributed by atoms with van der Waals surface area (Å²) in [6.45, 7) is 8.35. The molecule has 0 saturated heterocycles. The van der Waals surface area contributed by atoms with Gasteiger partial charge in [0.05, 0.1) is 0 Å². The van der Waals surface area contributed by atoms with Crippen molar-refractivity contribution < 1.29 is 0 Å². The lowest BCUT2D eigenvalue weighted by molar-refractivity contribution is 0.611. The van der Waals surface area contributed by atoms with E-state index < -0.39 is 0 Å². The summed E-state index contributed by atoms with van der Waals surface area (Å²) in [5.74, 6) is 2.99. The molecule has 1 heterocycles. The summed E-state index contributed by atoms with van der Waals surface area (Å²) in [6, 6.07) is 2.77. The number of nitrogens with one attached hydrogen (secondary N) is 1. The molecule has 0 aliphatic heterocycles. The zero-order chi connectivity index (χ0) is 13.7. The number of hydrogen-bond donors (Lipinski definition) is 1. The van der Waals surface area contributed by atoms with Gasteiger partial charge in [-0.1, -0.05) is 19.8 Å². The van der Waals surface area contributed by atoms with E-state index in [4.69, 9.17) is 4.98 Å². The molecular weight excluding hydrogens is 236 g/mol. The minimum absolute atomic E-state index is 0.666. The molecule has 1 aliphatic rings. The van der Waals surface area contributed by atoms with Crippen molar-refractivity contribution in [3.05, 3.63) is 11.9 Å². The molecular formula is C15H26N4. The Hall–Kier alpha value is -1.32. The van der Waals surface area contributed by atoms with E-state index in [-0.39, 0.29) is 0 Å². The van der Waals surface area contributed by atoms with Crippen molar-refractivity contribution in [3.8, 4) is 0 Å². The molecule has 106 valence electrons. The van der Waals surface area contributed by atoms with Crippen molar-refractivity contribution in [3.63, 3.8) is 0 Å². The Morgan fingerprint density at radius 1 is 1.21 bits per heavy atom. The minimum Gasteiger partial charge on any atom is -0.370 e. The molecule has 1 fully saturated rings. The van der Waals surface area contributed by atoms with E-state index in [1.807, 2.05) is 0 Å². The number of aromatic nitrogens is 2. The zero-order valence-electron chi connectivity index (χ0n) is 12.4. The van der Waals surface area contributed by atoms with Crippen LogP contribution in [0.15, 0.2) is 6.07 Å². The minimum atomic E-state index is 0.666. The fraction of sp³-hybridized carbons (Fsp3) is 0.733. The first-order valence-corrected chi connectivity index (χ1v) is 7.66. The summed E-state index contributed by atoms with van der Waals surface area (Å²) in [5, 5.41) is 3.31. The highest BCUT2D eigenvalue weighted by atomic mass is 15.2. The first-order chi connectivity index (χ1) is 9.28. The molecule has 2 rings (SSSR count). The largest absolute Gasteiger partial charge is 0.370 e. The highest BCUT2D eigenvalue weighted by molar-refractivity contribution is 5.50. The maximum absolute atomic E-state index is 4.72. The lowest BCUT2D eigenvalue weighted by Gasteiger charge is -2.29. The van der Waals surface area contributed by atoms with E-state index in [1.165, 1.54) is 25.7 Å². The molecule has 0 aromatic carbocycles. The average molecular weight is 262 g/mol. The lowest BCUT2D eigenvalue weighted by atomic mass is 10.2. The van der Waals surface area contributed by atoms with Gasteiger partial charge in [0.2, 0.25) is 0 Å². The summed E-state index contributed by atoms with van der Waals surface area (Å²) in [5.41, 5.74) is 0. The number of nitrogens with zero attached hydrogens (tertiary/aromatic N) is 3. The second kappa shape index (κ2) is 6.73. The second-order valence-electron chi connectivity index (χ2n) is 5.14. The van der Waals surface area contributed by atoms with E-state index in [9.17, 15) is 0 Å². The molecule has 0 atom stereocenters. The van der Waals surface area contributed by atoms with Gasteiger partial charge in [-0.25, -0.2) is 9.97 Å². The summed E-state index contributed by atoms with van der Waals surface area (Å²) in [4.78, 5) is 11.7. The van der Waals surface area contributed by atoms with Crippen LogP contribution >= 0.6 is 0 Å². The SMILES string of the molecule is CCNc1cc(N(CC)C2CCCC2)nc(CC)n1. The van der Waals surface area contributed by atoms with Gasteiger partial charge in [0, 0.05) is 31.6 Å². The van der Waals surface area contributed by atoms with Crippen molar-refractivity contribution in [1.82, 2.24) is 9.97 Å². The van der Waals surface area contributed by atoms with Crippen LogP contribution < -0.4 is 10.2 Å². The molecule has 0 bridgehead atoms. The van der Waals surface area contributed by atoms with Crippen LogP contribution in [-0.4, -0.2) is 29.1 Å². The number of aryl methyl sites for hydroxylation is 1. The Labute approximate surface area is 116 Å². The molecule has 1 saturated carbocycles. The Morgan fingerprint density at radius 2 is 1.95 bits per heavy atom. The molecule has 1 N–H and O–H groups in total. The van der Waals surface area contributed by atoms with Gasteiger partial charge in [0.15, 0.2) is 0 Å². The fourth-order valence-corrected chi connectivity index (χ4v) is 2.88. The first-order valence-electron chi connectivity index (χ1n) is 7.66. The summed E-state index contributed by atoms with van der Waals surface area (Å²) in [6.07, 6.45) is 6.19. The maximum Gasteiger partial charge on any atom is 0.134 e. The Balaban J connectivity index is 2.26. The number of anilines is 2. The van der Waals surface area contributed by atoms with E-state index in [0.29, 0.717) is 6.04 Å². The number of hydrogen-bond acceptors (Lipinski definition) is 4. The smallest absolute Gasteiger partial charge is 0.134 e. The van der Waals surface area contributed by atoms with Crippen LogP contribution in [0.3, 0.4) is 0 Å². The summed E-state index contributed by atoms with van der Waals surface area (Å²) >= 11 is 0. The first kappa shape index (κ1) is 14.1. The van der Waals surface area contributed by atoms with Crippen LogP contribution in [0.1, 0.15) is 52.3 Å². The van der Waals surface area contributed by atoms with Crippen molar-refractivity contribution in [1.29, 1.82) is 0 Å². The van der Waals surface area contributed by atoms with E-state index in [0.717, 1.165) is 37.0 Å². The molecule has 0 spiro atoms. The van der Waals surface area contributed by atoms with Crippen molar-refractivity contribution in [2.45, 2.75) is 58.9 Å². The topological polar surface area (TPSA) is 41.0 Å². The van der Waals surface area contributed by atoms with Crippen molar-refractivity contribution in [2.24, 2.45) is 0 Å². The van der Waals surface area contributed by atoms with Crippen molar-refractivity contribution >= 4 is 11.6 Å². The highest BCUT2D eigenvalue weighted by Gasteiger charge is 2.23. The third kappa shape index (κ3) is 3.37. The zero-order valence-corrected chi connectivity index (χ0v) is 12.4.